The Morgan fingerprint density at radius 3 is 2.14 bits per heavy atom. The summed E-state index contributed by atoms with van der Waals surface area (Å²) in [5.74, 6) is -0.0899. The second-order valence-corrected chi connectivity index (χ2v) is 5.86. The number of nitro groups is 1. The molecule has 0 atom stereocenters. The zero-order valence-corrected chi connectivity index (χ0v) is 14.9. The second-order valence-electron chi connectivity index (χ2n) is 5.86. The molecule has 1 aromatic carbocycles. The van der Waals surface area contributed by atoms with Gasteiger partial charge in [0.1, 0.15) is 17.2 Å². The highest BCUT2D eigenvalue weighted by Gasteiger charge is 2.35. The van der Waals surface area contributed by atoms with E-state index in [0.717, 1.165) is 19.2 Å². The molecule has 148 valence electrons. The monoisotopic (exact) mass is 397 g/mol. The van der Waals surface area contributed by atoms with Gasteiger partial charge >= 0.3 is 6.18 Å². The highest BCUT2D eigenvalue weighted by atomic mass is 19.4. The molecule has 2 heterocycles. The maximum absolute atomic E-state index is 12.9. The first-order valence-electron chi connectivity index (χ1n) is 7.80. The Labute approximate surface area is 156 Å². The summed E-state index contributed by atoms with van der Waals surface area (Å²) in [6, 6.07) is 5.84. The van der Waals surface area contributed by atoms with Crippen LogP contribution in [0, 0.1) is 17.0 Å². The highest BCUT2D eigenvalue weighted by Crippen LogP contribution is 2.35. The highest BCUT2D eigenvalue weighted by molar-refractivity contribution is 5.48. The average Bonchev–Trinajstić information content (AvgIpc) is 3.08. The number of non-ortho nitro benzene ring substituents is 1. The Hall–Kier alpha value is -3.57. The van der Waals surface area contributed by atoms with E-state index in [-0.39, 0.29) is 23.1 Å². The molecule has 2 aromatic heterocycles. The Morgan fingerprint density at radius 1 is 1.00 bits per heavy atom. The smallest absolute Gasteiger partial charge is 0.433 e. The summed E-state index contributed by atoms with van der Waals surface area (Å²) in [5, 5.41) is 18.9. The molecule has 9 nitrogen and oxygen atoms in total. The molecular weight excluding hydrogens is 383 g/mol. The molecule has 0 aliphatic heterocycles. The van der Waals surface area contributed by atoms with Crippen LogP contribution < -0.4 is 9.47 Å². The molecule has 3 rings (SSSR count). The first-order valence-corrected chi connectivity index (χ1v) is 7.80. The van der Waals surface area contributed by atoms with E-state index >= 15 is 0 Å². The number of rotatable bonds is 5. The molecule has 12 heteroatoms. The summed E-state index contributed by atoms with van der Waals surface area (Å²) >= 11 is 0. The third-order valence-electron chi connectivity index (χ3n) is 3.63. The molecular formula is C16H14F3N5O4. The minimum atomic E-state index is -4.61. The van der Waals surface area contributed by atoms with Crippen LogP contribution in [0.15, 0.2) is 30.3 Å². The van der Waals surface area contributed by atoms with E-state index in [0.29, 0.717) is 22.3 Å². The lowest BCUT2D eigenvalue weighted by Crippen LogP contribution is -2.11. The van der Waals surface area contributed by atoms with Crippen molar-refractivity contribution in [2.45, 2.75) is 13.1 Å². The van der Waals surface area contributed by atoms with Crippen LogP contribution in [0.5, 0.6) is 23.3 Å². The molecule has 0 saturated carbocycles. The minimum Gasteiger partial charge on any atom is -0.439 e. The van der Waals surface area contributed by atoms with Crippen molar-refractivity contribution in [2.24, 2.45) is 14.1 Å². The van der Waals surface area contributed by atoms with Crippen molar-refractivity contribution in [3.8, 4) is 23.3 Å². The number of aromatic nitrogens is 4. The summed E-state index contributed by atoms with van der Waals surface area (Å²) in [5.41, 5.74) is -0.708. The van der Waals surface area contributed by atoms with Crippen molar-refractivity contribution in [3.05, 3.63) is 51.8 Å². The topological polar surface area (TPSA) is 97.2 Å². The van der Waals surface area contributed by atoms with Gasteiger partial charge in [0.25, 0.3) is 5.69 Å². The third-order valence-corrected chi connectivity index (χ3v) is 3.63. The zero-order chi connectivity index (χ0) is 20.6. The fourth-order valence-electron chi connectivity index (χ4n) is 2.46. The number of benzene rings is 1. The van der Waals surface area contributed by atoms with Crippen molar-refractivity contribution in [1.82, 2.24) is 19.6 Å². The van der Waals surface area contributed by atoms with E-state index in [9.17, 15) is 23.3 Å². The predicted molar refractivity (Wildman–Crippen MR) is 89.4 cm³/mol. The van der Waals surface area contributed by atoms with Crippen LogP contribution in [0.25, 0.3) is 0 Å². The van der Waals surface area contributed by atoms with Crippen LogP contribution in [0.1, 0.15) is 11.4 Å². The SMILES string of the molecule is Cc1cc(Oc2cc(Oc3cc(C(F)(F)F)n(C)n3)cc([N+](=O)[O-])c2)n(C)n1. The van der Waals surface area contributed by atoms with Gasteiger partial charge in [-0.15, -0.1) is 5.10 Å². The molecule has 3 aromatic rings. The summed E-state index contributed by atoms with van der Waals surface area (Å²) in [4.78, 5) is 10.5. The first kappa shape index (κ1) is 19.2. The molecule has 0 amide bonds. The number of nitrogens with zero attached hydrogens (tertiary/aromatic N) is 5. The summed E-state index contributed by atoms with van der Waals surface area (Å²) in [7, 11) is 2.74. The van der Waals surface area contributed by atoms with E-state index in [4.69, 9.17) is 9.47 Å². The van der Waals surface area contributed by atoms with Gasteiger partial charge in [0.2, 0.25) is 11.8 Å². The molecule has 0 N–H and O–H groups in total. The van der Waals surface area contributed by atoms with E-state index in [1.54, 1.807) is 20.0 Å². The molecule has 0 saturated heterocycles. The number of nitro benzene ring substituents is 1. The van der Waals surface area contributed by atoms with Crippen molar-refractivity contribution in [3.63, 3.8) is 0 Å². The summed E-state index contributed by atoms with van der Waals surface area (Å²) < 4.78 is 51.6. The van der Waals surface area contributed by atoms with Crippen LogP contribution in [0.3, 0.4) is 0 Å². The summed E-state index contributed by atoms with van der Waals surface area (Å²) in [6.07, 6.45) is -4.61. The van der Waals surface area contributed by atoms with Gasteiger partial charge < -0.3 is 9.47 Å². The molecule has 28 heavy (non-hydrogen) atoms. The lowest BCUT2D eigenvalue weighted by molar-refractivity contribution is -0.385. The number of alkyl halides is 3. The van der Waals surface area contributed by atoms with Crippen LogP contribution in [-0.2, 0) is 20.3 Å². The molecule has 0 fully saturated rings. The predicted octanol–water partition coefficient (Wildman–Crippen LogP) is 3.97. The normalized spacial score (nSPS) is 11.5. The van der Waals surface area contributed by atoms with Crippen LogP contribution in [0.4, 0.5) is 18.9 Å². The van der Waals surface area contributed by atoms with Gasteiger partial charge in [0, 0.05) is 32.3 Å². The third kappa shape index (κ3) is 4.05. The number of hydrogen-bond acceptors (Lipinski definition) is 6. The van der Waals surface area contributed by atoms with Crippen molar-refractivity contribution < 1.29 is 27.6 Å². The second kappa shape index (κ2) is 6.87. The molecule has 0 aliphatic rings. The molecule has 0 unspecified atom stereocenters. The summed E-state index contributed by atoms with van der Waals surface area (Å²) in [6.45, 7) is 1.74. The van der Waals surface area contributed by atoms with Gasteiger partial charge in [0.15, 0.2) is 0 Å². The van der Waals surface area contributed by atoms with Gasteiger partial charge in [0.05, 0.1) is 22.7 Å². The van der Waals surface area contributed by atoms with E-state index in [2.05, 4.69) is 10.2 Å². The van der Waals surface area contributed by atoms with E-state index in [1.807, 2.05) is 0 Å². The number of hydrogen-bond donors (Lipinski definition) is 0. The minimum absolute atomic E-state index is 0.0548. The molecule has 0 radical (unpaired) electrons. The quantitative estimate of drug-likeness (QED) is 0.477. The lowest BCUT2D eigenvalue weighted by Gasteiger charge is -2.08. The van der Waals surface area contributed by atoms with Crippen LogP contribution in [0.2, 0.25) is 0 Å². The molecule has 0 bridgehead atoms. The van der Waals surface area contributed by atoms with Gasteiger partial charge in [-0.3, -0.25) is 14.8 Å². The van der Waals surface area contributed by atoms with Crippen molar-refractivity contribution in [1.29, 1.82) is 0 Å². The fourth-order valence-corrected chi connectivity index (χ4v) is 2.46. The van der Waals surface area contributed by atoms with E-state index < -0.39 is 16.8 Å². The molecule has 0 aliphatic carbocycles. The fraction of sp³-hybridized carbons (Fsp3) is 0.250. The maximum Gasteiger partial charge on any atom is 0.433 e. The number of halogens is 3. The van der Waals surface area contributed by atoms with Gasteiger partial charge in [-0.1, -0.05) is 0 Å². The number of aryl methyl sites for hydroxylation is 3. The van der Waals surface area contributed by atoms with E-state index in [1.165, 1.54) is 10.7 Å². The van der Waals surface area contributed by atoms with Crippen LogP contribution >= 0.6 is 0 Å². The van der Waals surface area contributed by atoms with Gasteiger partial charge in [-0.25, -0.2) is 4.68 Å². The first-order chi connectivity index (χ1) is 13.0. The Bertz CT molecular complexity index is 1040. The zero-order valence-electron chi connectivity index (χ0n) is 14.9. The standard InChI is InChI=1S/C16H14F3N5O4/c1-9-4-15(23(3)20-9)28-12-6-10(24(25)26)5-11(7-12)27-14-8-13(16(17,18)19)22(2)21-14/h4-8H,1-3H3. The van der Waals surface area contributed by atoms with Crippen LogP contribution in [-0.4, -0.2) is 24.5 Å². The average molecular weight is 397 g/mol. The van der Waals surface area contributed by atoms with Gasteiger partial charge in [-0.05, 0) is 6.92 Å². The Morgan fingerprint density at radius 2 is 1.64 bits per heavy atom. The Kier molecular flexibility index (Phi) is 4.71. The van der Waals surface area contributed by atoms with Gasteiger partial charge in [-0.2, -0.15) is 18.3 Å². The van der Waals surface area contributed by atoms with Crippen molar-refractivity contribution in [2.75, 3.05) is 0 Å². The Balaban J connectivity index is 1.94. The lowest BCUT2D eigenvalue weighted by atomic mass is 10.3. The number of ether oxygens (including phenoxy) is 2. The van der Waals surface area contributed by atoms with Crippen molar-refractivity contribution >= 4 is 5.69 Å². The molecule has 0 spiro atoms. The maximum atomic E-state index is 12.9. The largest absolute Gasteiger partial charge is 0.439 e.